The molecule has 0 atom stereocenters. The van der Waals surface area contributed by atoms with Crippen LogP contribution in [0.4, 0.5) is 0 Å². The molecule has 0 aliphatic carbocycles. The summed E-state index contributed by atoms with van der Waals surface area (Å²) in [6, 6.07) is 8.49. The minimum atomic E-state index is 0.432. The van der Waals surface area contributed by atoms with Crippen LogP contribution in [0, 0.1) is 13.8 Å². The molecular formula is C16H23N3O. The second-order valence-corrected chi connectivity index (χ2v) is 5.45. The molecule has 0 aliphatic rings. The predicted octanol–water partition coefficient (Wildman–Crippen LogP) is 3.33. The highest BCUT2D eigenvalue weighted by molar-refractivity contribution is 5.36. The lowest BCUT2D eigenvalue weighted by Crippen LogP contribution is -2.22. The molecule has 1 aromatic heterocycles. The van der Waals surface area contributed by atoms with Crippen LogP contribution in [-0.2, 0) is 13.6 Å². The third-order valence-electron chi connectivity index (χ3n) is 3.18. The zero-order valence-electron chi connectivity index (χ0n) is 12.9. The maximum atomic E-state index is 6.03. The van der Waals surface area contributed by atoms with Crippen LogP contribution in [0.15, 0.2) is 24.3 Å². The van der Waals surface area contributed by atoms with Crippen molar-refractivity contribution >= 4 is 0 Å². The Morgan fingerprint density at radius 1 is 1.30 bits per heavy atom. The van der Waals surface area contributed by atoms with Crippen molar-refractivity contribution in [2.24, 2.45) is 7.05 Å². The van der Waals surface area contributed by atoms with E-state index in [1.165, 1.54) is 5.56 Å². The summed E-state index contributed by atoms with van der Waals surface area (Å²) in [6.45, 7) is 9.10. The van der Waals surface area contributed by atoms with Gasteiger partial charge in [0.2, 0.25) is 5.88 Å². The van der Waals surface area contributed by atoms with E-state index in [-0.39, 0.29) is 0 Å². The van der Waals surface area contributed by atoms with Gasteiger partial charge in [0.25, 0.3) is 0 Å². The minimum absolute atomic E-state index is 0.432. The van der Waals surface area contributed by atoms with Crippen LogP contribution >= 0.6 is 0 Å². The van der Waals surface area contributed by atoms with E-state index in [2.05, 4.69) is 37.3 Å². The summed E-state index contributed by atoms with van der Waals surface area (Å²) >= 11 is 0. The quantitative estimate of drug-likeness (QED) is 0.908. The molecule has 2 aromatic rings. The summed E-state index contributed by atoms with van der Waals surface area (Å²) in [5.74, 6) is 1.65. The average molecular weight is 273 g/mol. The van der Waals surface area contributed by atoms with Gasteiger partial charge in [-0.05, 0) is 31.5 Å². The Kier molecular flexibility index (Phi) is 4.45. The van der Waals surface area contributed by atoms with Crippen LogP contribution in [-0.4, -0.2) is 15.8 Å². The lowest BCUT2D eigenvalue weighted by molar-refractivity contribution is 0.422. The third-order valence-corrected chi connectivity index (χ3v) is 3.18. The molecule has 0 saturated heterocycles. The highest BCUT2D eigenvalue weighted by Crippen LogP contribution is 2.27. The van der Waals surface area contributed by atoms with E-state index in [1.807, 2.05) is 32.2 Å². The van der Waals surface area contributed by atoms with Gasteiger partial charge in [-0.3, -0.25) is 0 Å². The molecule has 1 aromatic carbocycles. The Morgan fingerprint density at radius 3 is 2.70 bits per heavy atom. The molecule has 1 N–H and O–H groups in total. The summed E-state index contributed by atoms with van der Waals surface area (Å²) < 4.78 is 7.84. The molecule has 0 aliphatic heterocycles. The lowest BCUT2D eigenvalue weighted by atomic mass is 10.2. The van der Waals surface area contributed by atoms with Gasteiger partial charge in [0.15, 0.2) is 0 Å². The van der Waals surface area contributed by atoms with Gasteiger partial charge in [0.05, 0.1) is 11.3 Å². The van der Waals surface area contributed by atoms with E-state index in [4.69, 9.17) is 4.74 Å². The van der Waals surface area contributed by atoms with Crippen molar-refractivity contribution in [2.45, 2.75) is 40.3 Å². The van der Waals surface area contributed by atoms with E-state index < -0.39 is 0 Å². The van der Waals surface area contributed by atoms with E-state index in [1.54, 1.807) is 4.68 Å². The second kappa shape index (κ2) is 6.09. The first-order valence-electron chi connectivity index (χ1n) is 6.97. The molecule has 2 rings (SSSR count). The number of ether oxygens (including phenoxy) is 1. The van der Waals surface area contributed by atoms with Gasteiger partial charge in [-0.2, -0.15) is 5.10 Å². The van der Waals surface area contributed by atoms with Crippen LogP contribution in [0.3, 0.4) is 0 Å². The maximum Gasteiger partial charge on any atom is 0.222 e. The van der Waals surface area contributed by atoms with Crippen molar-refractivity contribution in [1.29, 1.82) is 0 Å². The number of benzene rings is 1. The first kappa shape index (κ1) is 14.6. The summed E-state index contributed by atoms with van der Waals surface area (Å²) in [6.07, 6.45) is 0. The molecule has 0 fully saturated rings. The Morgan fingerprint density at radius 2 is 2.05 bits per heavy atom. The molecule has 0 radical (unpaired) electrons. The summed E-state index contributed by atoms with van der Waals surface area (Å²) in [5, 5.41) is 7.88. The van der Waals surface area contributed by atoms with Gasteiger partial charge in [0.1, 0.15) is 5.75 Å². The molecule has 0 amide bonds. The van der Waals surface area contributed by atoms with Gasteiger partial charge >= 0.3 is 0 Å². The van der Waals surface area contributed by atoms with E-state index in [9.17, 15) is 0 Å². The van der Waals surface area contributed by atoms with Crippen molar-refractivity contribution in [1.82, 2.24) is 15.1 Å². The van der Waals surface area contributed by atoms with Crippen LogP contribution < -0.4 is 10.1 Å². The zero-order chi connectivity index (χ0) is 14.7. The fourth-order valence-electron chi connectivity index (χ4n) is 2.11. The van der Waals surface area contributed by atoms with Gasteiger partial charge in [-0.15, -0.1) is 0 Å². The predicted molar refractivity (Wildman–Crippen MR) is 81.2 cm³/mol. The highest BCUT2D eigenvalue weighted by atomic mass is 16.5. The Labute approximate surface area is 120 Å². The lowest BCUT2D eigenvalue weighted by Gasteiger charge is -2.11. The number of hydrogen-bond acceptors (Lipinski definition) is 3. The van der Waals surface area contributed by atoms with E-state index in [0.29, 0.717) is 6.04 Å². The van der Waals surface area contributed by atoms with E-state index >= 15 is 0 Å². The molecule has 0 spiro atoms. The van der Waals surface area contributed by atoms with E-state index in [0.717, 1.165) is 29.4 Å². The molecule has 0 bridgehead atoms. The van der Waals surface area contributed by atoms with Gasteiger partial charge in [0, 0.05) is 19.6 Å². The number of aromatic nitrogens is 2. The fraction of sp³-hybridized carbons (Fsp3) is 0.438. The number of nitrogens with zero attached hydrogens (tertiary/aromatic N) is 2. The van der Waals surface area contributed by atoms with Crippen molar-refractivity contribution < 1.29 is 4.74 Å². The molecule has 20 heavy (non-hydrogen) atoms. The monoisotopic (exact) mass is 273 g/mol. The van der Waals surface area contributed by atoms with Crippen LogP contribution in [0.2, 0.25) is 0 Å². The Balaban J connectivity index is 2.26. The van der Waals surface area contributed by atoms with Crippen LogP contribution in [0.1, 0.15) is 30.7 Å². The zero-order valence-corrected chi connectivity index (χ0v) is 12.9. The highest BCUT2D eigenvalue weighted by Gasteiger charge is 2.15. The van der Waals surface area contributed by atoms with Crippen molar-refractivity contribution in [3.8, 4) is 11.6 Å². The molecule has 4 heteroatoms. The minimum Gasteiger partial charge on any atom is -0.439 e. The molecule has 108 valence electrons. The first-order valence-corrected chi connectivity index (χ1v) is 6.97. The SMILES string of the molecule is Cc1cccc(Oc2c(CNC(C)C)c(C)nn2C)c1. The molecule has 1 heterocycles. The van der Waals surface area contributed by atoms with Gasteiger partial charge < -0.3 is 10.1 Å². The fourth-order valence-corrected chi connectivity index (χ4v) is 2.11. The van der Waals surface area contributed by atoms with Crippen molar-refractivity contribution in [3.05, 3.63) is 41.1 Å². The number of nitrogens with one attached hydrogen (secondary N) is 1. The smallest absolute Gasteiger partial charge is 0.222 e. The number of rotatable bonds is 5. The molecule has 0 saturated carbocycles. The van der Waals surface area contributed by atoms with Gasteiger partial charge in [-0.25, -0.2) is 4.68 Å². The summed E-state index contributed by atoms with van der Waals surface area (Å²) in [4.78, 5) is 0. The Bertz CT molecular complexity index is 587. The molecule has 0 unspecified atom stereocenters. The summed E-state index contributed by atoms with van der Waals surface area (Å²) in [7, 11) is 1.91. The normalized spacial score (nSPS) is 11.1. The average Bonchev–Trinajstić information content (AvgIpc) is 2.62. The maximum absolute atomic E-state index is 6.03. The standard InChI is InChI=1S/C16H23N3O/c1-11(2)17-10-15-13(4)18-19(5)16(15)20-14-8-6-7-12(3)9-14/h6-9,11,17H,10H2,1-5H3. The van der Waals surface area contributed by atoms with Crippen molar-refractivity contribution in [2.75, 3.05) is 0 Å². The van der Waals surface area contributed by atoms with Crippen molar-refractivity contribution in [3.63, 3.8) is 0 Å². The largest absolute Gasteiger partial charge is 0.439 e. The summed E-state index contributed by atoms with van der Waals surface area (Å²) in [5.41, 5.74) is 3.30. The van der Waals surface area contributed by atoms with Crippen LogP contribution in [0.5, 0.6) is 11.6 Å². The van der Waals surface area contributed by atoms with Gasteiger partial charge in [-0.1, -0.05) is 26.0 Å². The number of hydrogen-bond donors (Lipinski definition) is 1. The second-order valence-electron chi connectivity index (χ2n) is 5.45. The topological polar surface area (TPSA) is 39.1 Å². The third kappa shape index (κ3) is 3.39. The Hall–Kier alpha value is -1.81. The molecular weight excluding hydrogens is 250 g/mol. The first-order chi connectivity index (χ1) is 9.47. The molecule has 4 nitrogen and oxygen atoms in total. The van der Waals surface area contributed by atoms with Crippen LogP contribution in [0.25, 0.3) is 0 Å². The number of aryl methyl sites for hydroxylation is 3.